The van der Waals surface area contributed by atoms with Crippen molar-refractivity contribution in [3.63, 3.8) is 0 Å². The monoisotopic (exact) mass is 480 g/mol. The maximum Gasteiger partial charge on any atom is 0.416 e. The van der Waals surface area contributed by atoms with Gasteiger partial charge in [-0.05, 0) is 30.7 Å². The predicted molar refractivity (Wildman–Crippen MR) is 110 cm³/mol. The number of nitro groups is 1. The average molecular weight is 480 g/mol. The fraction of sp³-hybridized carbons (Fsp3) is 0.353. The maximum atomic E-state index is 12.7. The summed E-state index contributed by atoms with van der Waals surface area (Å²) in [5, 5.41) is 16.3. The molecule has 2 aromatic rings. The van der Waals surface area contributed by atoms with Gasteiger partial charge in [0.25, 0.3) is 11.6 Å². The molecule has 170 valence electrons. The van der Waals surface area contributed by atoms with E-state index in [1.807, 2.05) is 0 Å². The van der Waals surface area contributed by atoms with Crippen molar-refractivity contribution < 1.29 is 31.3 Å². The molecule has 3 N–H and O–H groups in total. The van der Waals surface area contributed by atoms with Crippen molar-refractivity contribution in [2.24, 2.45) is 0 Å². The number of amides is 1. The number of alkyl halides is 3. The van der Waals surface area contributed by atoms with Crippen molar-refractivity contribution in [3.05, 3.63) is 55.8 Å². The highest BCUT2D eigenvalue weighted by molar-refractivity contribution is 7.88. The summed E-state index contributed by atoms with van der Waals surface area (Å²) in [7, 11) is -3.29. The van der Waals surface area contributed by atoms with E-state index in [1.165, 1.54) is 11.3 Å². The molecular formula is C17H19F3N4O5S2. The summed E-state index contributed by atoms with van der Waals surface area (Å²) in [4.78, 5) is 23.5. The maximum absolute atomic E-state index is 12.7. The number of rotatable bonds is 10. The van der Waals surface area contributed by atoms with Gasteiger partial charge in [-0.1, -0.05) is 0 Å². The minimum atomic E-state index is -4.70. The van der Waals surface area contributed by atoms with Crippen LogP contribution in [-0.2, 0) is 22.6 Å². The first kappa shape index (κ1) is 24.6. The molecule has 0 spiro atoms. The number of nitrogens with zero attached hydrogens (tertiary/aromatic N) is 1. The van der Waals surface area contributed by atoms with Crippen LogP contribution in [0.25, 0.3) is 0 Å². The summed E-state index contributed by atoms with van der Waals surface area (Å²) < 4.78 is 62.6. The fourth-order valence-corrected chi connectivity index (χ4v) is 3.86. The first-order valence-electron chi connectivity index (χ1n) is 8.78. The average Bonchev–Trinajstić information content (AvgIpc) is 3.12. The lowest BCUT2D eigenvalue weighted by atomic mass is 10.1. The Morgan fingerprint density at radius 2 is 1.87 bits per heavy atom. The molecule has 31 heavy (non-hydrogen) atoms. The zero-order valence-electron chi connectivity index (χ0n) is 16.2. The van der Waals surface area contributed by atoms with Gasteiger partial charge in [0.1, 0.15) is 5.69 Å². The summed E-state index contributed by atoms with van der Waals surface area (Å²) in [5.41, 5.74) is -1.94. The third-order valence-corrected chi connectivity index (χ3v) is 5.74. The van der Waals surface area contributed by atoms with Crippen LogP contribution in [0, 0.1) is 10.1 Å². The third-order valence-electron chi connectivity index (χ3n) is 3.87. The summed E-state index contributed by atoms with van der Waals surface area (Å²) in [5.74, 6) is -0.393. The molecular weight excluding hydrogens is 461 g/mol. The van der Waals surface area contributed by atoms with E-state index >= 15 is 0 Å². The van der Waals surface area contributed by atoms with Gasteiger partial charge in [-0.2, -0.15) is 13.2 Å². The van der Waals surface area contributed by atoms with Gasteiger partial charge in [-0.3, -0.25) is 14.9 Å². The number of hydrogen-bond donors (Lipinski definition) is 3. The molecule has 14 heteroatoms. The molecule has 0 bridgehead atoms. The number of nitro benzene ring substituents is 1. The van der Waals surface area contributed by atoms with E-state index in [2.05, 4.69) is 15.4 Å². The number of carbonyl (C=O) groups excluding carboxylic acids is 1. The van der Waals surface area contributed by atoms with Crippen LogP contribution in [0.2, 0.25) is 0 Å². The van der Waals surface area contributed by atoms with Crippen LogP contribution in [0.5, 0.6) is 0 Å². The normalized spacial score (nSPS) is 11.9. The van der Waals surface area contributed by atoms with Gasteiger partial charge < -0.3 is 10.6 Å². The van der Waals surface area contributed by atoms with Gasteiger partial charge in [-0.15, -0.1) is 11.3 Å². The molecule has 1 amide bonds. The second-order valence-electron chi connectivity index (χ2n) is 6.35. The molecule has 2 rings (SSSR count). The third kappa shape index (κ3) is 7.80. The van der Waals surface area contributed by atoms with Crippen LogP contribution < -0.4 is 15.4 Å². The highest BCUT2D eigenvalue weighted by Gasteiger charge is 2.33. The molecule has 1 aromatic heterocycles. The highest BCUT2D eigenvalue weighted by atomic mass is 32.2. The lowest BCUT2D eigenvalue weighted by Gasteiger charge is -2.11. The Hall–Kier alpha value is -2.71. The van der Waals surface area contributed by atoms with Crippen LogP contribution in [0.15, 0.2) is 30.3 Å². The van der Waals surface area contributed by atoms with E-state index in [4.69, 9.17) is 0 Å². The molecule has 0 aliphatic heterocycles. The van der Waals surface area contributed by atoms with Gasteiger partial charge in [-0.25, -0.2) is 13.1 Å². The highest BCUT2D eigenvalue weighted by Crippen LogP contribution is 2.34. The Bertz CT molecular complexity index is 1050. The Morgan fingerprint density at radius 1 is 1.16 bits per heavy atom. The molecule has 0 fully saturated rings. The predicted octanol–water partition coefficient (Wildman–Crippen LogP) is 2.61. The second-order valence-corrected chi connectivity index (χ2v) is 9.35. The van der Waals surface area contributed by atoms with E-state index in [0.717, 1.165) is 23.3 Å². The number of nitrogens with one attached hydrogen (secondary N) is 3. The summed E-state index contributed by atoms with van der Waals surface area (Å²) in [6.07, 6.45) is -3.23. The number of benzene rings is 1. The largest absolute Gasteiger partial charge is 0.416 e. The van der Waals surface area contributed by atoms with E-state index in [9.17, 15) is 36.5 Å². The van der Waals surface area contributed by atoms with E-state index < -0.39 is 38.3 Å². The minimum absolute atomic E-state index is 0.0501. The Kier molecular flexibility index (Phi) is 7.97. The lowest BCUT2D eigenvalue weighted by Crippen LogP contribution is -2.28. The number of halogens is 3. The summed E-state index contributed by atoms with van der Waals surface area (Å²) in [6, 6.07) is 5.45. The quantitative estimate of drug-likeness (QED) is 0.272. The molecule has 9 nitrogen and oxygen atoms in total. The zero-order chi connectivity index (χ0) is 23.2. The Morgan fingerprint density at radius 3 is 2.48 bits per heavy atom. The number of anilines is 1. The van der Waals surface area contributed by atoms with E-state index in [0.29, 0.717) is 17.4 Å². The molecule has 0 saturated carbocycles. The lowest BCUT2D eigenvalue weighted by molar-refractivity contribution is -0.384. The molecule has 0 aliphatic carbocycles. The van der Waals surface area contributed by atoms with Crippen molar-refractivity contribution in [1.29, 1.82) is 0 Å². The standard InChI is InChI=1S/C17H19F3N4O5S2/c1-31(28,29)23-7-6-12-3-5-15(30-12)16(25)22-9-8-21-13-4-2-11(17(18,19)20)10-14(13)24(26)27/h2-5,10,21,23H,6-9H2,1H3,(H,22,25). The first-order chi connectivity index (χ1) is 14.4. The van der Waals surface area contributed by atoms with Crippen molar-refractivity contribution in [2.75, 3.05) is 31.2 Å². The molecule has 0 saturated heterocycles. The zero-order valence-corrected chi connectivity index (χ0v) is 17.8. The minimum Gasteiger partial charge on any atom is -0.378 e. The Balaban J connectivity index is 1.86. The molecule has 1 aromatic carbocycles. The summed E-state index contributed by atoms with van der Waals surface area (Å²) >= 11 is 1.19. The van der Waals surface area contributed by atoms with Crippen molar-refractivity contribution >= 4 is 38.6 Å². The first-order valence-corrected chi connectivity index (χ1v) is 11.5. The Labute approximate surface area is 179 Å². The van der Waals surface area contributed by atoms with Crippen molar-refractivity contribution in [1.82, 2.24) is 10.0 Å². The van der Waals surface area contributed by atoms with Gasteiger partial charge in [0.15, 0.2) is 0 Å². The van der Waals surface area contributed by atoms with Crippen LogP contribution in [0.4, 0.5) is 24.5 Å². The van der Waals surface area contributed by atoms with Gasteiger partial charge in [0.05, 0.1) is 21.6 Å². The number of carbonyl (C=O) groups is 1. The topological polar surface area (TPSA) is 130 Å². The van der Waals surface area contributed by atoms with Crippen molar-refractivity contribution in [2.45, 2.75) is 12.6 Å². The number of sulfonamides is 1. The fourth-order valence-electron chi connectivity index (χ4n) is 2.46. The molecule has 0 radical (unpaired) electrons. The smallest absolute Gasteiger partial charge is 0.378 e. The second kappa shape index (κ2) is 10.1. The molecule has 0 aliphatic rings. The molecule has 1 heterocycles. The van der Waals surface area contributed by atoms with E-state index in [-0.39, 0.29) is 25.3 Å². The molecule has 0 atom stereocenters. The number of thiophene rings is 1. The van der Waals surface area contributed by atoms with Crippen LogP contribution in [-0.4, -0.2) is 45.1 Å². The van der Waals surface area contributed by atoms with Crippen LogP contribution in [0.3, 0.4) is 0 Å². The van der Waals surface area contributed by atoms with Crippen LogP contribution in [0.1, 0.15) is 20.1 Å². The van der Waals surface area contributed by atoms with Gasteiger partial charge >= 0.3 is 6.18 Å². The molecule has 0 unspecified atom stereocenters. The van der Waals surface area contributed by atoms with Crippen LogP contribution >= 0.6 is 11.3 Å². The van der Waals surface area contributed by atoms with E-state index in [1.54, 1.807) is 12.1 Å². The van der Waals surface area contributed by atoms with Crippen molar-refractivity contribution in [3.8, 4) is 0 Å². The van der Waals surface area contributed by atoms with Gasteiger partial charge in [0, 0.05) is 30.6 Å². The van der Waals surface area contributed by atoms with Gasteiger partial charge in [0.2, 0.25) is 10.0 Å². The number of hydrogen-bond acceptors (Lipinski definition) is 7. The SMILES string of the molecule is CS(=O)(=O)NCCc1ccc(C(=O)NCCNc2ccc(C(F)(F)F)cc2[N+](=O)[O-])s1. The summed E-state index contributed by atoms with van der Waals surface area (Å²) in [6.45, 7) is 0.324.